The smallest absolute Gasteiger partial charge is 0.196 e. The van der Waals surface area contributed by atoms with E-state index in [1.165, 1.54) is 12.8 Å². The molecule has 1 aromatic carbocycles. The molecule has 100 valence electrons. The van der Waals surface area contributed by atoms with Crippen LogP contribution in [0.2, 0.25) is 0 Å². The van der Waals surface area contributed by atoms with Gasteiger partial charge >= 0.3 is 0 Å². The minimum Gasteiger partial charge on any atom is -0.370 e. The van der Waals surface area contributed by atoms with Crippen LogP contribution in [0, 0.1) is 5.92 Å². The maximum absolute atomic E-state index is 6.10. The van der Waals surface area contributed by atoms with Gasteiger partial charge in [0.1, 0.15) is 0 Å². The molecule has 3 nitrogen and oxygen atoms in total. The molecular formula is C15H18BrN3. The predicted octanol–water partition coefficient (Wildman–Crippen LogP) is 3.31. The van der Waals surface area contributed by atoms with Crippen molar-refractivity contribution < 1.29 is 0 Å². The first-order valence-corrected chi connectivity index (χ1v) is 7.55. The predicted molar refractivity (Wildman–Crippen MR) is 83.4 cm³/mol. The normalized spacial score (nSPS) is 26.6. The Kier molecular flexibility index (Phi) is 3.60. The number of allylic oxidation sites excluding steroid dienone is 2. The van der Waals surface area contributed by atoms with Gasteiger partial charge in [0.15, 0.2) is 5.96 Å². The van der Waals surface area contributed by atoms with Crippen molar-refractivity contribution in [3.63, 3.8) is 0 Å². The fourth-order valence-corrected chi connectivity index (χ4v) is 3.38. The van der Waals surface area contributed by atoms with Crippen LogP contribution in [-0.4, -0.2) is 18.5 Å². The molecule has 0 fully saturated rings. The van der Waals surface area contributed by atoms with Gasteiger partial charge in [0.25, 0.3) is 0 Å². The van der Waals surface area contributed by atoms with E-state index in [4.69, 9.17) is 5.73 Å². The number of aliphatic imine (C=N–C) groups is 1. The molecule has 2 atom stereocenters. The molecule has 0 saturated carbocycles. The SMILES string of the molecule is NC1=NCC(C2CC=CCC2)N1c1cccc(Br)c1. The monoisotopic (exact) mass is 319 g/mol. The number of nitrogens with two attached hydrogens (primary N) is 1. The lowest BCUT2D eigenvalue weighted by Crippen LogP contribution is -2.45. The zero-order valence-corrected chi connectivity index (χ0v) is 12.4. The van der Waals surface area contributed by atoms with E-state index in [9.17, 15) is 0 Å². The molecule has 2 N–H and O–H groups in total. The van der Waals surface area contributed by atoms with Gasteiger partial charge in [-0.05, 0) is 43.4 Å². The zero-order chi connectivity index (χ0) is 13.2. The van der Waals surface area contributed by atoms with E-state index in [1.54, 1.807) is 0 Å². The molecule has 19 heavy (non-hydrogen) atoms. The van der Waals surface area contributed by atoms with Gasteiger partial charge in [-0.15, -0.1) is 0 Å². The fraction of sp³-hybridized carbons (Fsp3) is 0.400. The number of anilines is 1. The van der Waals surface area contributed by atoms with Crippen molar-refractivity contribution >= 4 is 27.6 Å². The first-order chi connectivity index (χ1) is 9.25. The fourth-order valence-electron chi connectivity index (χ4n) is 2.99. The van der Waals surface area contributed by atoms with E-state index in [0.717, 1.165) is 23.1 Å². The van der Waals surface area contributed by atoms with Crippen LogP contribution in [0.5, 0.6) is 0 Å². The summed E-state index contributed by atoms with van der Waals surface area (Å²) in [4.78, 5) is 6.66. The Morgan fingerprint density at radius 3 is 2.95 bits per heavy atom. The second kappa shape index (κ2) is 5.37. The summed E-state index contributed by atoms with van der Waals surface area (Å²) < 4.78 is 1.08. The highest BCUT2D eigenvalue weighted by Crippen LogP contribution is 2.32. The summed E-state index contributed by atoms with van der Waals surface area (Å²) in [5, 5.41) is 0. The van der Waals surface area contributed by atoms with Crippen LogP contribution in [-0.2, 0) is 0 Å². The van der Waals surface area contributed by atoms with Gasteiger partial charge in [-0.1, -0.05) is 34.1 Å². The van der Waals surface area contributed by atoms with Crippen LogP contribution in [0.25, 0.3) is 0 Å². The zero-order valence-electron chi connectivity index (χ0n) is 10.8. The average Bonchev–Trinajstić information content (AvgIpc) is 2.82. The van der Waals surface area contributed by atoms with E-state index < -0.39 is 0 Å². The van der Waals surface area contributed by atoms with Crippen molar-refractivity contribution in [2.24, 2.45) is 16.6 Å². The first kappa shape index (κ1) is 12.7. The molecule has 0 bridgehead atoms. The molecule has 3 rings (SSSR count). The Labute approximate surface area is 122 Å². The maximum atomic E-state index is 6.10. The highest BCUT2D eigenvalue weighted by molar-refractivity contribution is 9.10. The summed E-state index contributed by atoms with van der Waals surface area (Å²) in [5.41, 5.74) is 7.23. The molecule has 1 heterocycles. The molecule has 4 heteroatoms. The van der Waals surface area contributed by atoms with Crippen molar-refractivity contribution in [2.45, 2.75) is 25.3 Å². The second-order valence-electron chi connectivity index (χ2n) is 5.16. The Morgan fingerprint density at radius 2 is 2.21 bits per heavy atom. The van der Waals surface area contributed by atoms with E-state index >= 15 is 0 Å². The van der Waals surface area contributed by atoms with Gasteiger partial charge in [-0.25, -0.2) is 0 Å². The molecule has 1 aliphatic carbocycles. The topological polar surface area (TPSA) is 41.6 Å². The third-order valence-electron chi connectivity index (χ3n) is 3.96. The highest BCUT2D eigenvalue weighted by atomic mass is 79.9. The number of hydrogen-bond donors (Lipinski definition) is 1. The highest BCUT2D eigenvalue weighted by Gasteiger charge is 2.33. The number of rotatable bonds is 2. The average molecular weight is 320 g/mol. The maximum Gasteiger partial charge on any atom is 0.196 e. The van der Waals surface area contributed by atoms with Gasteiger partial charge in [0.05, 0.1) is 12.6 Å². The van der Waals surface area contributed by atoms with Crippen LogP contribution >= 0.6 is 15.9 Å². The van der Waals surface area contributed by atoms with Crippen LogP contribution in [0.15, 0.2) is 45.9 Å². The largest absolute Gasteiger partial charge is 0.370 e. The third-order valence-corrected chi connectivity index (χ3v) is 4.45. The van der Waals surface area contributed by atoms with Gasteiger partial charge in [-0.2, -0.15) is 0 Å². The lowest BCUT2D eigenvalue weighted by Gasteiger charge is -2.33. The molecule has 1 aromatic rings. The summed E-state index contributed by atoms with van der Waals surface area (Å²) in [6.07, 6.45) is 8.11. The minimum absolute atomic E-state index is 0.402. The summed E-state index contributed by atoms with van der Waals surface area (Å²) >= 11 is 3.53. The van der Waals surface area contributed by atoms with Crippen molar-refractivity contribution in [3.05, 3.63) is 40.9 Å². The van der Waals surface area contributed by atoms with Crippen LogP contribution < -0.4 is 10.6 Å². The van der Waals surface area contributed by atoms with Crippen LogP contribution in [0.4, 0.5) is 5.69 Å². The van der Waals surface area contributed by atoms with Gasteiger partial charge in [0, 0.05) is 10.2 Å². The summed E-state index contributed by atoms with van der Waals surface area (Å²) in [5.74, 6) is 1.30. The molecule has 0 radical (unpaired) electrons. The lowest BCUT2D eigenvalue weighted by molar-refractivity contribution is 0.404. The Bertz CT molecular complexity index is 524. The standard InChI is InChI=1S/C15H18BrN3/c16-12-7-4-8-13(9-12)19-14(10-18-15(19)17)11-5-2-1-3-6-11/h1-2,4,7-9,11,14H,3,5-6,10H2,(H2,17,18). The van der Waals surface area contributed by atoms with Crippen molar-refractivity contribution in [1.29, 1.82) is 0 Å². The summed E-state index contributed by atoms with van der Waals surface area (Å²) in [7, 11) is 0. The molecule has 0 saturated heterocycles. The van der Waals surface area contributed by atoms with Crippen LogP contribution in [0.3, 0.4) is 0 Å². The van der Waals surface area contributed by atoms with E-state index in [0.29, 0.717) is 17.9 Å². The van der Waals surface area contributed by atoms with Crippen LogP contribution in [0.1, 0.15) is 19.3 Å². The first-order valence-electron chi connectivity index (χ1n) is 6.75. The molecule has 0 aromatic heterocycles. The van der Waals surface area contributed by atoms with Crippen molar-refractivity contribution in [2.75, 3.05) is 11.4 Å². The van der Waals surface area contributed by atoms with Gasteiger partial charge in [0.2, 0.25) is 0 Å². The van der Waals surface area contributed by atoms with Crippen molar-refractivity contribution in [3.8, 4) is 0 Å². The number of benzene rings is 1. The molecule has 1 aliphatic heterocycles. The van der Waals surface area contributed by atoms with E-state index in [1.807, 2.05) is 12.1 Å². The number of guanidine groups is 1. The molecular weight excluding hydrogens is 302 g/mol. The Hall–Kier alpha value is -1.29. The number of hydrogen-bond acceptors (Lipinski definition) is 3. The Morgan fingerprint density at radius 1 is 1.32 bits per heavy atom. The number of nitrogens with zero attached hydrogens (tertiary/aromatic N) is 2. The molecule has 2 unspecified atom stereocenters. The Balaban J connectivity index is 1.88. The molecule has 0 spiro atoms. The van der Waals surface area contributed by atoms with Gasteiger partial charge < -0.3 is 10.6 Å². The second-order valence-corrected chi connectivity index (χ2v) is 6.08. The lowest BCUT2D eigenvalue weighted by atomic mass is 9.87. The molecule has 0 amide bonds. The number of halogens is 1. The quantitative estimate of drug-likeness (QED) is 0.850. The third kappa shape index (κ3) is 2.54. The summed E-state index contributed by atoms with van der Waals surface area (Å²) in [6, 6.07) is 8.69. The van der Waals surface area contributed by atoms with E-state index in [-0.39, 0.29) is 0 Å². The van der Waals surface area contributed by atoms with E-state index in [2.05, 4.69) is 50.1 Å². The summed E-state index contributed by atoms with van der Waals surface area (Å²) in [6.45, 7) is 0.816. The minimum atomic E-state index is 0.402. The van der Waals surface area contributed by atoms with Gasteiger partial charge in [-0.3, -0.25) is 4.99 Å². The molecule has 2 aliphatic rings. The van der Waals surface area contributed by atoms with Crippen molar-refractivity contribution in [1.82, 2.24) is 0 Å².